The lowest BCUT2D eigenvalue weighted by Crippen LogP contribution is -2.02. The molecule has 2 nitrogen and oxygen atoms in total. The summed E-state index contributed by atoms with van der Waals surface area (Å²) >= 11 is 15.8. The van der Waals surface area contributed by atoms with Gasteiger partial charge in [0.25, 0.3) is 0 Å². The van der Waals surface area contributed by atoms with Gasteiger partial charge >= 0.3 is 0 Å². The number of aromatic nitrogens is 2. The number of halogens is 3. The number of hydrogen-bond acceptors (Lipinski definition) is 1. The Labute approximate surface area is 131 Å². The summed E-state index contributed by atoms with van der Waals surface area (Å²) in [5.74, 6) is 0.713. The van der Waals surface area contributed by atoms with Gasteiger partial charge in [-0.15, -0.1) is 11.6 Å². The molecule has 102 valence electrons. The molecule has 0 bridgehead atoms. The third-order valence-corrected chi connectivity index (χ3v) is 4.16. The Morgan fingerprint density at radius 2 is 1.89 bits per heavy atom. The van der Waals surface area contributed by atoms with Crippen molar-refractivity contribution in [2.24, 2.45) is 0 Å². The summed E-state index contributed by atoms with van der Waals surface area (Å²) < 4.78 is 2.88. The average molecular weight is 362 g/mol. The summed E-state index contributed by atoms with van der Waals surface area (Å²) in [6, 6.07) is 8.13. The van der Waals surface area contributed by atoms with E-state index >= 15 is 0 Å². The smallest absolute Gasteiger partial charge is 0.132 e. The van der Waals surface area contributed by atoms with Gasteiger partial charge in [0.05, 0.1) is 18.1 Å². The standard InChI is InChI=1S/C14H15BrCl2N2/c1-9(2)13-12(7-16)14(17)19(18-13)8-10-3-5-11(15)6-4-10/h3-6,9H,7-8H2,1-2H3. The van der Waals surface area contributed by atoms with Crippen molar-refractivity contribution < 1.29 is 0 Å². The number of hydrogen-bond donors (Lipinski definition) is 0. The maximum Gasteiger partial charge on any atom is 0.132 e. The van der Waals surface area contributed by atoms with Gasteiger partial charge in [-0.1, -0.05) is 53.5 Å². The normalized spacial score (nSPS) is 11.3. The molecule has 0 saturated heterocycles. The minimum atomic E-state index is 0.317. The number of rotatable bonds is 4. The molecule has 19 heavy (non-hydrogen) atoms. The van der Waals surface area contributed by atoms with E-state index in [2.05, 4.69) is 47.0 Å². The molecular formula is C14H15BrCl2N2. The summed E-state index contributed by atoms with van der Waals surface area (Å²) in [7, 11) is 0. The highest BCUT2D eigenvalue weighted by molar-refractivity contribution is 9.10. The zero-order chi connectivity index (χ0) is 14.0. The first-order valence-corrected chi connectivity index (χ1v) is 7.79. The molecule has 0 spiro atoms. The fourth-order valence-electron chi connectivity index (χ4n) is 1.95. The van der Waals surface area contributed by atoms with Crippen LogP contribution in [0.2, 0.25) is 5.15 Å². The molecule has 0 N–H and O–H groups in total. The van der Waals surface area contributed by atoms with Crippen LogP contribution in [-0.2, 0) is 12.4 Å². The Kier molecular flexibility index (Phi) is 4.93. The van der Waals surface area contributed by atoms with Crippen molar-refractivity contribution in [2.75, 3.05) is 0 Å². The van der Waals surface area contributed by atoms with Crippen LogP contribution in [0.1, 0.15) is 36.6 Å². The van der Waals surface area contributed by atoms with Gasteiger partial charge in [-0.05, 0) is 23.6 Å². The third kappa shape index (κ3) is 3.33. The Hall–Kier alpha value is -0.510. The first-order valence-electron chi connectivity index (χ1n) is 6.08. The second kappa shape index (κ2) is 6.29. The molecule has 1 aromatic carbocycles. The molecule has 0 fully saturated rings. The van der Waals surface area contributed by atoms with E-state index in [9.17, 15) is 0 Å². The summed E-state index contributed by atoms with van der Waals surface area (Å²) in [5, 5.41) is 5.23. The van der Waals surface area contributed by atoms with Gasteiger partial charge < -0.3 is 0 Å². The number of alkyl halides is 1. The van der Waals surface area contributed by atoms with E-state index in [0.29, 0.717) is 23.5 Å². The van der Waals surface area contributed by atoms with E-state index in [-0.39, 0.29) is 0 Å². The van der Waals surface area contributed by atoms with Gasteiger partial charge in [-0.3, -0.25) is 0 Å². The highest BCUT2D eigenvalue weighted by Gasteiger charge is 2.17. The van der Waals surface area contributed by atoms with Gasteiger partial charge in [-0.2, -0.15) is 5.10 Å². The number of nitrogens with zero attached hydrogens (tertiary/aromatic N) is 2. The molecule has 0 atom stereocenters. The molecule has 5 heteroatoms. The van der Waals surface area contributed by atoms with E-state index in [1.165, 1.54) is 0 Å². The van der Waals surface area contributed by atoms with Crippen molar-refractivity contribution in [3.8, 4) is 0 Å². The molecule has 0 saturated carbocycles. The lowest BCUT2D eigenvalue weighted by Gasteiger charge is -2.04. The fourth-order valence-corrected chi connectivity index (χ4v) is 2.81. The molecular weight excluding hydrogens is 347 g/mol. The van der Waals surface area contributed by atoms with Crippen LogP contribution < -0.4 is 0 Å². The van der Waals surface area contributed by atoms with Gasteiger partial charge in [0, 0.05) is 10.0 Å². The number of benzene rings is 1. The van der Waals surface area contributed by atoms with Crippen molar-refractivity contribution in [3.63, 3.8) is 0 Å². The minimum absolute atomic E-state index is 0.317. The van der Waals surface area contributed by atoms with Gasteiger partial charge in [-0.25, -0.2) is 4.68 Å². The lowest BCUT2D eigenvalue weighted by molar-refractivity contribution is 0.658. The fraction of sp³-hybridized carbons (Fsp3) is 0.357. The van der Waals surface area contributed by atoms with E-state index in [0.717, 1.165) is 21.3 Å². The monoisotopic (exact) mass is 360 g/mol. The average Bonchev–Trinajstić information content (AvgIpc) is 2.69. The van der Waals surface area contributed by atoms with Crippen molar-refractivity contribution >= 4 is 39.1 Å². The molecule has 2 aromatic rings. The summed E-state index contributed by atoms with van der Waals surface area (Å²) in [6.45, 7) is 4.85. The highest BCUT2D eigenvalue weighted by Crippen LogP contribution is 2.28. The van der Waals surface area contributed by atoms with Crippen LogP contribution in [0.4, 0.5) is 0 Å². The van der Waals surface area contributed by atoms with Crippen molar-refractivity contribution in [2.45, 2.75) is 32.2 Å². The molecule has 0 aliphatic rings. The molecule has 1 heterocycles. The van der Waals surface area contributed by atoms with Gasteiger partial charge in [0.15, 0.2) is 0 Å². The van der Waals surface area contributed by atoms with Crippen LogP contribution in [0.3, 0.4) is 0 Å². The predicted molar refractivity (Wildman–Crippen MR) is 84.1 cm³/mol. The molecule has 0 unspecified atom stereocenters. The molecule has 0 amide bonds. The quantitative estimate of drug-likeness (QED) is 0.683. The van der Waals surface area contributed by atoms with E-state index in [1.54, 1.807) is 0 Å². The maximum absolute atomic E-state index is 6.36. The zero-order valence-electron chi connectivity index (χ0n) is 10.8. The van der Waals surface area contributed by atoms with Crippen LogP contribution in [0.25, 0.3) is 0 Å². The van der Waals surface area contributed by atoms with Crippen molar-refractivity contribution in [1.82, 2.24) is 9.78 Å². The summed E-state index contributed by atoms with van der Waals surface area (Å²) in [6.07, 6.45) is 0. The van der Waals surface area contributed by atoms with Crippen LogP contribution in [0.5, 0.6) is 0 Å². The van der Waals surface area contributed by atoms with Crippen LogP contribution in [0.15, 0.2) is 28.7 Å². The molecule has 0 aliphatic heterocycles. The summed E-state index contributed by atoms with van der Waals surface area (Å²) in [4.78, 5) is 0. The summed E-state index contributed by atoms with van der Waals surface area (Å²) in [5.41, 5.74) is 3.08. The SMILES string of the molecule is CC(C)c1nn(Cc2ccc(Br)cc2)c(Cl)c1CCl. The molecule has 2 rings (SSSR count). The van der Waals surface area contributed by atoms with E-state index in [1.807, 2.05) is 16.8 Å². The van der Waals surface area contributed by atoms with Crippen LogP contribution in [0, 0.1) is 0 Å². The Balaban J connectivity index is 2.32. The third-order valence-electron chi connectivity index (χ3n) is 2.94. The Morgan fingerprint density at radius 1 is 1.26 bits per heavy atom. The zero-order valence-corrected chi connectivity index (χ0v) is 13.9. The minimum Gasteiger partial charge on any atom is -0.249 e. The second-order valence-corrected chi connectivity index (χ2v) is 6.27. The van der Waals surface area contributed by atoms with Crippen molar-refractivity contribution in [3.05, 3.63) is 50.7 Å². The van der Waals surface area contributed by atoms with Gasteiger partial charge in [0.2, 0.25) is 0 Å². The molecule has 0 aliphatic carbocycles. The van der Waals surface area contributed by atoms with Crippen LogP contribution in [-0.4, -0.2) is 9.78 Å². The lowest BCUT2D eigenvalue weighted by atomic mass is 10.1. The van der Waals surface area contributed by atoms with E-state index in [4.69, 9.17) is 23.2 Å². The van der Waals surface area contributed by atoms with E-state index < -0.39 is 0 Å². The first-order chi connectivity index (χ1) is 9.02. The van der Waals surface area contributed by atoms with Crippen molar-refractivity contribution in [1.29, 1.82) is 0 Å². The predicted octanol–water partition coefficient (Wildman–Crippen LogP) is 5.21. The Morgan fingerprint density at radius 3 is 2.37 bits per heavy atom. The maximum atomic E-state index is 6.36. The first kappa shape index (κ1) is 14.9. The second-order valence-electron chi connectivity index (χ2n) is 4.73. The van der Waals surface area contributed by atoms with Crippen LogP contribution >= 0.6 is 39.1 Å². The highest BCUT2D eigenvalue weighted by atomic mass is 79.9. The Bertz CT molecular complexity index is 562. The molecule has 1 aromatic heterocycles. The van der Waals surface area contributed by atoms with Gasteiger partial charge in [0.1, 0.15) is 5.15 Å². The largest absolute Gasteiger partial charge is 0.249 e. The topological polar surface area (TPSA) is 17.8 Å². The molecule has 0 radical (unpaired) electrons.